The van der Waals surface area contributed by atoms with Crippen LogP contribution in [0.1, 0.15) is 5.56 Å². The zero-order valence-electron chi connectivity index (χ0n) is 19.8. The minimum atomic E-state index is -0.880. The number of amides is 3. The molecule has 0 aliphatic carbocycles. The minimum absolute atomic E-state index is 0.177. The molecule has 10 nitrogen and oxygen atoms in total. The van der Waals surface area contributed by atoms with Crippen molar-refractivity contribution in [2.24, 2.45) is 0 Å². The lowest BCUT2D eigenvalue weighted by Crippen LogP contribution is -2.47. The molecule has 0 spiro atoms. The van der Waals surface area contributed by atoms with Gasteiger partial charge in [-0.15, -0.1) is 10.2 Å². The quantitative estimate of drug-likeness (QED) is 0.318. The molecule has 3 N–H and O–H groups in total. The molecule has 3 amide bonds. The van der Waals surface area contributed by atoms with Crippen molar-refractivity contribution in [1.82, 2.24) is 15.5 Å². The lowest BCUT2D eigenvalue weighted by Gasteiger charge is -2.19. The molecule has 2 heterocycles. The summed E-state index contributed by atoms with van der Waals surface area (Å²) in [6, 6.07) is 20.5. The second-order valence-corrected chi connectivity index (χ2v) is 8.99. The highest BCUT2D eigenvalue weighted by atomic mass is 32.1. The van der Waals surface area contributed by atoms with Crippen LogP contribution in [-0.4, -0.2) is 42.1 Å². The monoisotopic (exact) mass is 517 g/mol. The topological polar surface area (TPSA) is 124 Å². The lowest BCUT2D eigenvalue weighted by atomic mass is 10.1. The summed E-state index contributed by atoms with van der Waals surface area (Å²) in [4.78, 5) is 26.1. The van der Waals surface area contributed by atoms with Gasteiger partial charge in [0.2, 0.25) is 17.8 Å². The Balaban J connectivity index is 1.30. The Morgan fingerprint density at radius 3 is 2.59 bits per heavy atom. The van der Waals surface area contributed by atoms with Gasteiger partial charge in [-0.3, -0.25) is 10.1 Å². The molecule has 0 saturated heterocycles. The molecule has 37 heavy (non-hydrogen) atoms. The summed E-state index contributed by atoms with van der Waals surface area (Å²) in [6.45, 7) is 0.177. The van der Waals surface area contributed by atoms with Gasteiger partial charge in [-0.2, -0.15) is 0 Å². The van der Waals surface area contributed by atoms with E-state index >= 15 is 0 Å². The van der Waals surface area contributed by atoms with Gasteiger partial charge in [0, 0.05) is 12.0 Å². The molecular formula is C26H23N5O5S. The van der Waals surface area contributed by atoms with Crippen LogP contribution in [0.15, 0.2) is 72.8 Å². The van der Waals surface area contributed by atoms with Crippen LogP contribution in [0.25, 0.3) is 10.6 Å². The summed E-state index contributed by atoms with van der Waals surface area (Å²) in [6.07, 6.45) is 0.278. The third-order valence-electron chi connectivity index (χ3n) is 5.53. The van der Waals surface area contributed by atoms with Crippen LogP contribution >= 0.6 is 11.3 Å². The van der Waals surface area contributed by atoms with Crippen molar-refractivity contribution < 1.29 is 23.8 Å². The van der Waals surface area contributed by atoms with Gasteiger partial charge >= 0.3 is 6.03 Å². The summed E-state index contributed by atoms with van der Waals surface area (Å²) in [5, 5.41) is 17.5. The van der Waals surface area contributed by atoms with Crippen molar-refractivity contribution in [2.75, 3.05) is 24.5 Å². The Morgan fingerprint density at radius 2 is 1.76 bits per heavy atom. The fourth-order valence-corrected chi connectivity index (χ4v) is 4.48. The molecule has 1 aromatic heterocycles. The number of urea groups is 1. The Labute approximate surface area is 216 Å². The molecule has 0 saturated carbocycles. The van der Waals surface area contributed by atoms with Crippen molar-refractivity contribution in [2.45, 2.75) is 12.5 Å². The molecule has 0 fully saturated rings. The number of hydrogen-bond acceptors (Lipinski definition) is 8. The molecule has 3 aromatic carbocycles. The molecule has 0 bridgehead atoms. The molecule has 4 aromatic rings. The number of carbonyl (C=O) groups is 2. The van der Waals surface area contributed by atoms with E-state index in [1.165, 1.54) is 18.4 Å². The standard InChI is InChI=1S/C26H23N5O5S/c1-34-20-10-6-5-9-18(20)27-25(33)28-19(13-16-7-3-2-4-8-16)23(32)29-26-31-30-24(37-26)17-11-12-21-22(14-17)36-15-35-21/h2-12,14,19H,13,15H2,1H3,(H2,27,28,33)(H,29,31,32). The average molecular weight is 518 g/mol. The molecule has 0 radical (unpaired) electrons. The molecule has 1 unspecified atom stereocenters. The normalized spacial score (nSPS) is 12.5. The number of nitrogens with one attached hydrogen (secondary N) is 3. The Kier molecular flexibility index (Phi) is 7.13. The van der Waals surface area contributed by atoms with Gasteiger partial charge in [0.1, 0.15) is 16.8 Å². The van der Waals surface area contributed by atoms with Crippen molar-refractivity contribution in [3.05, 3.63) is 78.4 Å². The van der Waals surface area contributed by atoms with Crippen LogP contribution in [-0.2, 0) is 11.2 Å². The summed E-state index contributed by atoms with van der Waals surface area (Å²) in [5.74, 6) is 1.38. The number of para-hydroxylation sites is 2. The van der Waals surface area contributed by atoms with Crippen LogP contribution < -0.4 is 30.2 Å². The molecule has 1 aliphatic rings. The number of anilines is 2. The maximum Gasteiger partial charge on any atom is 0.320 e. The summed E-state index contributed by atoms with van der Waals surface area (Å²) < 4.78 is 16.1. The minimum Gasteiger partial charge on any atom is -0.495 e. The van der Waals surface area contributed by atoms with Crippen molar-refractivity contribution >= 4 is 34.1 Å². The number of nitrogens with zero attached hydrogens (tertiary/aromatic N) is 2. The molecule has 188 valence electrons. The summed E-state index contributed by atoms with van der Waals surface area (Å²) in [7, 11) is 1.52. The fourth-order valence-electron chi connectivity index (χ4n) is 3.74. The predicted octanol–water partition coefficient (Wildman–Crippen LogP) is 4.31. The van der Waals surface area contributed by atoms with Gasteiger partial charge in [-0.1, -0.05) is 53.8 Å². The highest BCUT2D eigenvalue weighted by molar-refractivity contribution is 7.18. The second kappa shape index (κ2) is 11.0. The smallest absolute Gasteiger partial charge is 0.320 e. The zero-order chi connectivity index (χ0) is 25.6. The largest absolute Gasteiger partial charge is 0.495 e. The van der Waals surface area contributed by atoms with E-state index < -0.39 is 18.0 Å². The maximum atomic E-state index is 13.3. The van der Waals surface area contributed by atoms with Crippen LogP contribution in [0.4, 0.5) is 15.6 Å². The van der Waals surface area contributed by atoms with Gasteiger partial charge in [-0.25, -0.2) is 4.79 Å². The van der Waals surface area contributed by atoms with Crippen LogP contribution in [0.3, 0.4) is 0 Å². The van der Waals surface area contributed by atoms with Crippen LogP contribution in [0, 0.1) is 0 Å². The summed E-state index contributed by atoms with van der Waals surface area (Å²) in [5.41, 5.74) is 2.16. The average Bonchev–Trinajstić information content (AvgIpc) is 3.58. The van der Waals surface area contributed by atoms with E-state index in [9.17, 15) is 9.59 Å². The molecule has 11 heteroatoms. The Hall–Kier alpha value is -4.64. The van der Waals surface area contributed by atoms with Gasteiger partial charge in [0.15, 0.2) is 11.5 Å². The van der Waals surface area contributed by atoms with Crippen molar-refractivity contribution in [1.29, 1.82) is 0 Å². The van der Waals surface area contributed by atoms with E-state index in [-0.39, 0.29) is 13.2 Å². The third-order valence-corrected chi connectivity index (χ3v) is 6.42. The van der Waals surface area contributed by atoms with E-state index in [1.807, 2.05) is 42.5 Å². The third kappa shape index (κ3) is 5.78. The first-order chi connectivity index (χ1) is 18.1. The highest BCUT2D eigenvalue weighted by Gasteiger charge is 2.24. The van der Waals surface area contributed by atoms with Crippen molar-refractivity contribution in [3.63, 3.8) is 0 Å². The fraction of sp³-hybridized carbons (Fsp3) is 0.154. The first kappa shape index (κ1) is 24.1. The van der Waals surface area contributed by atoms with E-state index in [4.69, 9.17) is 14.2 Å². The number of fused-ring (bicyclic) bond motifs is 1. The van der Waals surface area contributed by atoms with E-state index in [1.54, 1.807) is 30.3 Å². The number of ether oxygens (including phenoxy) is 3. The number of rotatable bonds is 8. The van der Waals surface area contributed by atoms with Crippen LogP contribution in [0.2, 0.25) is 0 Å². The second-order valence-electron chi connectivity index (χ2n) is 8.01. The number of methoxy groups -OCH3 is 1. The molecular weight excluding hydrogens is 494 g/mol. The van der Waals surface area contributed by atoms with Crippen molar-refractivity contribution in [3.8, 4) is 27.8 Å². The first-order valence-electron chi connectivity index (χ1n) is 11.4. The predicted molar refractivity (Wildman–Crippen MR) is 139 cm³/mol. The number of aromatic nitrogens is 2. The highest BCUT2D eigenvalue weighted by Crippen LogP contribution is 2.37. The van der Waals surface area contributed by atoms with Gasteiger partial charge in [0.05, 0.1) is 12.8 Å². The Morgan fingerprint density at radius 1 is 0.973 bits per heavy atom. The van der Waals surface area contributed by atoms with E-state index in [0.717, 1.165) is 11.1 Å². The SMILES string of the molecule is COc1ccccc1NC(=O)NC(Cc1ccccc1)C(=O)Nc1nnc(-c2ccc3c(c2)OCO3)s1. The van der Waals surface area contributed by atoms with Gasteiger partial charge < -0.3 is 24.8 Å². The Bertz CT molecular complexity index is 1410. The number of hydrogen-bond donors (Lipinski definition) is 3. The zero-order valence-corrected chi connectivity index (χ0v) is 20.6. The van der Waals surface area contributed by atoms with E-state index in [2.05, 4.69) is 26.1 Å². The maximum absolute atomic E-state index is 13.3. The molecule has 1 atom stereocenters. The van der Waals surface area contributed by atoms with Gasteiger partial charge in [-0.05, 0) is 35.9 Å². The molecule has 1 aliphatic heterocycles. The summed E-state index contributed by atoms with van der Waals surface area (Å²) >= 11 is 1.21. The van der Waals surface area contributed by atoms with Gasteiger partial charge in [0.25, 0.3) is 0 Å². The van der Waals surface area contributed by atoms with Crippen LogP contribution in [0.5, 0.6) is 17.2 Å². The van der Waals surface area contributed by atoms with E-state index in [0.29, 0.717) is 33.1 Å². The molecule has 5 rings (SSSR count). The lowest BCUT2D eigenvalue weighted by molar-refractivity contribution is -0.117. The first-order valence-corrected chi connectivity index (χ1v) is 12.2. The number of carbonyl (C=O) groups excluding carboxylic acids is 2. The number of benzene rings is 3.